The molecule has 1 aliphatic rings. The molecule has 3 heterocycles. The first-order valence-corrected chi connectivity index (χ1v) is 7.67. The van der Waals surface area contributed by atoms with Crippen LogP contribution in [-0.2, 0) is 24.1 Å². The van der Waals surface area contributed by atoms with Gasteiger partial charge in [0.05, 0.1) is 12.7 Å². The van der Waals surface area contributed by atoms with Gasteiger partial charge in [0.25, 0.3) is 0 Å². The fourth-order valence-electron chi connectivity index (χ4n) is 2.90. The van der Waals surface area contributed by atoms with E-state index in [1.165, 1.54) is 5.56 Å². The van der Waals surface area contributed by atoms with Crippen molar-refractivity contribution in [2.24, 2.45) is 0 Å². The molecule has 1 aromatic carbocycles. The summed E-state index contributed by atoms with van der Waals surface area (Å²) in [6, 6.07) is 12.1. The van der Waals surface area contributed by atoms with Crippen LogP contribution in [0.2, 0.25) is 0 Å². The minimum atomic E-state index is 0.0578. The molecular formula is C19H16N2O2. The zero-order chi connectivity index (χ0) is 15.6. The molecule has 4 rings (SSSR count). The van der Waals surface area contributed by atoms with Gasteiger partial charge < -0.3 is 9.73 Å². The Morgan fingerprint density at radius 2 is 2.04 bits per heavy atom. The molecule has 0 atom stereocenters. The summed E-state index contributed by atoms with van der Waals surface area (Å²) in [5.74, 6) is 1.04. The predicted molar refractivity (Wildman–Crippen MR) is 88.1 cm³/mol. The molecule has 3 aromatic rings. The maximum absolute atomic E-state index is 11.5. The van der Waals surface area contributed by atoms with Crippen molar-refractivity contribution in [3.8, 4) is 11.1 Å². The number of rotatable bonds is 4. The highest BCUT2D eigenvalue weighted by Crippen LogP contribution is 2.29. The lowest BCUT2D eigenvalue weighted by Crippen LogP contribution is -2.03. The van der Waals surface area contributed by atoms with E-state index in [9.17, 15) is 4.79 Å². The Bertz CT molecular complexity index is 854. The van der Waals surface area contributed by atoms with E-state index in [4.69, 9.17) is 4.42 Å². The van der Waals surface area contributed by atoms with Gasteiger partial charge in [-0.3, -0.25) is 9.78 Å². The van der Waals surface area contributed by atoms with Gasteiger partial charge in [0.2, 0.25) is 5.91 Å². The van der Waals surface area contributed by atoms with Gasteiger partial charge >= 0.3 is 0 Å². The van der Waals surface area contributed by atoms with Crippen LogP contribution in [0.5, 0.6) is 0 Å². The number of fused-ring (bicyclic) bond motifs is 1. The molecule has 0 bridgehead atoms. The number of anilines is 1. The monoisotopic (exact) mass is 304 g/mol. The minimum absolute atomic E-state index is 0.0578. The van der Waals surface area contributed by atoms with Crippen molar-refractivity contribution in [2.75, 3.05) is 5.32 Å². The number of hydrogen-bond acceptors (Lipinski definition) is 3. The van der Waals surface area contributed by atoms with E-state index in [2.05, 4.69) is 16.4 Å². The molecule has 0 fully saturated rings. The zero-order valence-corrected chi connectivity index (χ0v) is 12.6. The summed E-state index contributed by atoms with van der Waals surface area (Å²) in [5.41, 5.74) is 5.27. The number of aryl methyl sites for hydroxylation is 2. The van der Waals surface area contributed by atoms with Gasteiger partial charge in [-0.05, 0) is 47.4 Å². The van der Waals surface area contributed by atoms with E-state index in [0.29, 0.717) is 6.42 Å². The highest BCUT2D eigenvalue weighted by molar-refractivity contribution is 5.99. The fourth-order valence-corrected chi connectivity index (χ4v) is 2.90. The van der Waals surface area contributed by atoms with Crippen LogP contribution in [0.4, 0.5) is 5.69 Å². The molecule has 0 unspecified atom stereocenters. The van der Waals surface area contributed by atoms with E-state index in [-0.39, 0.29) is 5.91 Å². The average Bonchev–Trinajstić information content (AvgIpc) is 3.20. The molecule has 0 aliphatic carbocycles. The highest BCUT2D eigenvalue weighted by atomic mass is 16.3. The molecule has 0 radical (unpaired) electrons. The second kappa shape index (κ2) is 5.72. The lowest BCUT2D eigenvalue weighted by molar-refractivity contribution is -0.115. The number of furan rings is 1. The molecule has 2 aromatic heterocycles. The van der Waals surface area contributed by atoms with Gasteiger partial charge in [-0.15, -0.1) is 0 Å². The summed E-state index contributed by atoms with van der Waals surface area (Å²) in [6.07, 6.45) is 7.66. The van der Waals surface area contributed by atoms with Crippen LogP contribution in [-0.4, -0.2) is 10.9 Å². The van der Waals surface area contributed by atoms with Crippen LogP contribution in [0.15, 0.2) is 59.5 Å². The number of pyridine rings is 1. The molecule has 23 heavy (non-hydrogen) atoms. The number of hydrogen-bond donors (Lipinski definition) is 1. The van der Waals surface area contributed by atoms with Crippen molar-refractivity contribution in [3.05, 3.63) is 71.9 Å². The average molecular weight is 304 g/mol. The highest BCUT2D eigenvalue weighted by Gasteiger charge is 2.17. The molecule has 0 saturated heterocycles. The maximum atomic E-state index is 11.5. The van der Waals surface area contributed by atoms with Gasteiger partial charge in [-0.1, -0.05) is 12.1 Å². The summed E-state index contributed by atoms with van der Waals surface area (Å²) >= 11 is 0. The van der Waals surface area contributed by atoms with Crippen molar-refractivity contribution >= 4 is 11.6 Å². The van der Waals surface area contributed by atoms with E-state index in [0.717, 1.165) is 41.0 Å². The first kappa shape index (κ1) is 13.8. The second-order valence-corrected chi connectivity index (χ2v) is 5.76. The number of nitrogens with zero attached hydrogens (tertiary/aromatic N) is 1. The molecule has 4 nitrogen and oxygen atoms in total. The van der Waals surface area contributed by atoms with Crippen molar-refractivity contribution in [3.63, 3.8) is 0 Å². The number of carbonyl (C=O) groups is 1. The third kappa shape index (κ3) is 2.88. The van der Waals surface area contributed by atoms with Gasteiger partial charge in [-0.25, -0.2) is 0 Å². The Kier molecular flexibility index (Phi) is 3.42. The zero-order valence-electron chi connectivity index (χ0n) is 12.6. The fraction of sp³-hybridized carbons (Fsp3) is 0.158. The SMILES string of the molecule is O=C1Cc2ccc(-c3cncc(CCc4ccco4)c3)cc2N1. The second-order valence-electron chi connectivity index (χ2n) is 5.76. The first-order valence-electron chi connectivity index (χ1n) is 7.67. The molecular weight excluding hydrogens is 288 g/mol. The number of carbonyl (C=O) groups excluding carboxylic acids is 1. The molecule has 0 saturated carbocycles. The Hall–Kier alpha value is -2.88. The van der Waals surface area contributed by atoms with Crippen LogP contribution >= 0.6 is 0 Å². The van der Waals surface area contributed by atoms with Crippen LogP contribution in [0, 0.1) is 0 Å². The Morgan fingerprint density at radius 1 is 1.09 bits per heavy atom. The summed E-state index contributed by atoms with van der Waals surface area (Å²) in [4.78, 5) is 15.8. The summed E-state index contributed by atoms with van der Waals surface area (Å²) in [7, 11) is 0. The van der Waals surface area contributed by atoms with Crippen molar-refractivity contribution in [1.82, 2.24) is 4.98 Å². The number of aromatic nitrogens is 1. The molecule has 1 N–H and O–H groups in total. The Labute approximate surface area is 134 Å². The lowest BCUT2D eigenvalue weighted by atomic mass is 10.0. The third-order valence-electron chi connectivity index (χ3n) is 4.10. The van der Waals surface area contributed by atoms with E-state index in [1.807, 2.05) is 42.7 Å². The Balaban J connectivity index is 1.56. The van der Waals surface area contributed by atoms with E-state index < -0.39 is 0 Å². The minimum Gasteiger partial charge on any atom is -0.469 e. The smallest absolute Gasteiger partial charge is 0.228 e. The van der Waals surface area contributed by atoms with Gasteiger partial charge in [0, 0.05) is 30.1 Å². The maximum Gasteiger partial charge on any atom is 0.228 e. The molecule has 1 amide bonds. The van der Waals surface area contributed by atoms with Crippen molar-refractivity contribution in [2.45, 2.75) is 19.3 Å². The van der Waals surface area contributed by atoms with Crippen LogP contribution in [0.1, 0.15) is 16.9 Å². The molecule has 114 valence electrons. The topological polar surface area (TPSA) is 55.1 Å². The largest absolute Gasteiger partial charge is 0.469 e. The van der Waals surface area contributed by atoms with E-state index in [1.54, 1.807) is 6.26 Å². The van der Waals surface area contributed by atoms with Crippen LogP contribution in [0.3, 0.4) is 0 Å². The predicted octanol–water partition coefficient (Wildman–Crippen LogP) is 3.62. The van der Waals surface area contributed by atoms with Gasteiger partial charge in [0.15, 0.2) is 0 Å². The lowest BCUT2D eigenvalue weighted by Gasteiger charge is -2.07. The van der Waals surface area contributed by atoms with Crippen molar-refractivity contribution in [1.29, 1.82) is 0 Å². The number of amides is 1. The summed E-state index contributed by atoms with van der Waals surface area (Å²) in [6.45, 7) is 0. The van der Waals surface area contributed by atoms with Crippen LogP contribution < -0.4 is 5.32 Å². The summed E-state index contributed by atoms with van der Waals surface area (Å²) < 4.78 is 5.37. The molecule has 0 spiro atoms. The molecule has 4 heteroatoms. The normalized spacial score (nSPS) is 13.0. The third-order valence-corrected chi connectivity index (χ3v) is 4.10. The quantitative estimate of drug-likeness (QED) is 0.801. The Morgan fingerprint density at radius 3 is 2.91 bits per heavy atom. The standard InChI is InChI=1S/C19H16N2O2/c22-19-10-15-5-4-14(9-18(15)21-19)16-8-13(11-20-12-16)3-6-17-2-1-7-23-17/h1-2,4-5,7-9,11-12H,3,6,10H2,(H,21,22). The first-order chi connectivity index (χ1) is 11.3. The van der Waals surface area contributed by atoms with Gasteiger partial charge in [0.1, 0.15) is 5.76 Å². The van der Waals surface area contributed by atoms with Gasteiger partial charge in [-0.2, -0.15) is 0 Å². The molecule has 1 aliphatic heterocycles. The number of nitrogens with one attached hydrogen (secondary N) is 1. The summed E-state index contributed by atoms with van der Waals surface area (Å²) in [5, 5.41) is 2.89. The van der Waals surface area contributed by atoms with Crippen molar-refractivity contribution < 1.29 is 9.21 Å². The van der Waals surface area contributed by atoms with Crippen LogP contribution in [0.25, 0.3) is 11.1 Å². The number of benzene rings is 1. The van der Waals surface area contributed by atoms with E-state index >= 15 is 0 Å².